The van der Waals surface area contributed by atoms with Gasteiger partial charge in [0.15, 0.2) is 0 Å². The molecule has 0 saturated carbocycles. The predicted octanol–water partition coefficient (Wildman–Crippen LogP) is 4.25. The molecule has 4 nitrogen and oxygen atoms in total. The predicted molar refractivity (Wildman–Crippen MR) is 95.1 cm³/mol. The number of carbonyl (C=O) groups excluding carboxylic acids is 1. The van der Waals surface area contributed by atoms with E-state index in [1.54, 1.807) is 6.07 Å². The summed E-state index contributed by atoms with van der Waals surface area (Å²) in [7, 11) is 0. The number of pyridine rings is 1. The summed E-state index contributed by atoms with van der Waals surface area (Å²) in [5, 5.41) is 7.58. The molecule has 0 radical (unpaired) electrons. The molecule has 0 unspecified atom stereocenters. The van der Waals surface area contributed by atoms with Crippen molar-refractivity contribution in [1.82, 2.24) is 4.98 Å². The monoisotopic (exact) mass is 325 g/mol. The highest BCUT2D eigenvalue weighted by atomic mass is 35.5. The first-order chi connectivity index (χ1) is 11.1. The van der Waals surface area contributed by atoms with E-state index in [1.165, 1.54) is 0 Å². The molecule has 1 aromatic heterocycles. The van der Waals surface area contributed by atoms with Crippen LogP contribution in [-0.4, -0.2) is 17.4 Å². The number of aromatic nitrogens is 1. The van der Waals surface area contributed by atoms with Crippen LogP contribution in [0.25, 0.3) is 10.9 Å². The van der Waals surface area contributed by atoms with E-state index < -0.39 is 0 Å². The maximum atomic E-state index is 12.1. The van der Waals surface area contributed by atoms with Gasteiger partial charge in [-0.3, -0.25) is 4.79 Å². The number of nitrogens with zero attached hydrogens (tertiary/aromatic N) is 1. The van der Waals surface area contributed by atoms with Gasteiger partial charge in [0.25, 0.3) is 0 Å². The number of amides is 1. The lowest BCUT2D eigenvalue weighted by atomic mass is 10.2. The van der Waals surface area contributed by atoms with E-state index in [0.717, 1.165) is 22.2 Å². The highest BCUT2D eigenvalue weighted by Crippen LogP contribution is 2.22. The maximum absolute atomic E-state index is 12.1. The summed E-state index contributed by atoms with van der Waals surface area (Å²) in [6.45, 7) is 2.01. The van der Waals surface area contributed by atoms with Crippen molar-refractivity contribution < 1.29 is 4.79 Å². The van der Waals surface area contributed by atoms with E-state index in [2.05, 4.69) is 15.6 Å². The molecule has 116 valence electrons. The van der Waals surface area contributed by atoms with Gasteiger partial charge >= 0.3 is 0 Å². The minimum Gasteiger partial charge on any atom is -0.361 e. The second-order valence-electron chi connectivity index (χ2n) is 5.20. The average Bonchev–Trinajstić information content (AvgIpc) is 2.57. The lowest BCUT2D eigenvalue weighted by Crippen LogP contribution is -2.22. The molecule has 0 aliphatic carbocycles. The Hall–Kier alpha value is -2.59. The van der Waals surface area contributed by atoms with Crippen LogP contribution in [0.3, 0.4) is 0 Å². The molecule has 0 atom stereocenters. The minimum atomic E-state index is -0.148. The SMILES string of the molecule is Cc1c(Cl)cccc1NC(=O)CNc1ccc2ccccc2n1. The topological polar surface area (TPSA) is 54.0 Å². The Morgan fingerprint density at radius 2 is 1.91 bits per heavy atom. The van der Waals surface area contributed by atoms with E-state index in [4.69, 9.17) is 11.6 Å². The Balaban J connectivity index is 1.65. The molecule has 3 rings (SSSR count). The first-order valence-electron chi connectivity index (χ1n) is 7.28. The third-order valence-electron chi connectivity index (χ3n) is 3.57. The van der Waals surface area contributed by atoms with Crippen molar-refractivity contribution >= 4 is 39.9 Å². The summed E-state index contributed by atoms with van der Waals surface area (Å²) in [5.74, 6) is 0.520. The standard InChI is InChI=1S/C18H16ClN3O/c1-12-14(19)6-4-8-15(12)22-18(23)11-20-17-10-9-13-5-2-3-7-16(13)21-17/h2-10H,11H2,1H3,(H,20,21)(H,22,23). The third kappa shape index (κ3) is 3.60. The van der Waals surface area contributed by atoms with Crippen LogP contribution in [0.5, 0.6) is 0 Å². The first-order valence-corrected chi connectivity index (χ1v) is 7.66. The number of carbonyl (C=O) groups is 1. The van der Waals surface area contributed by atoms with Crippen LogP contribution in [0.1, 0.15) is 5.56 Å². The first kappa shape index (κ1) is 15.3. The Labute approximate surface area is 139 Å². The number of hydrogen-bond acceptors (Lipinski definition) is 3. The van der Waals surface area contributed by atoms with Crippen LogP contribution in [0.15, 0.2) is 54.6 Å². The summed E-state index contributed by atoms with van der Waals surface area (Å²) in [6, 6.07) is 17.1. The lowest BCUT2D eigenvalue weighted by molar-refractivity contribution is -0.114. The largest absolute Gasteiger partial charge is 0.361 e. The molecule has 3 aromatic rings. The second-order valence-corrected chi connectivity index (χ2v) is 5.61. The molecule has 2 aromatic carbocycles. The van der Waals surface area contributed by atoms with Crippen molar-refractivity contribution in [2.45, 2.75) is 6.92 Å². The van der Waals surface area contributed by atoms with E-state index >= 15 is 0 Å². The molecule has 0 aliphatic rings. The van der Waals surface area contributed by atoms with Crippen LogP contribution in [0.4, 0.5) is 11.5 Å². The van der Waals surface area contributed by atoms with Crippen LogP contribution in [0, 0.1) is 6.92 Å². The molecule has 0 spiro atoms. The molecule has 1 amide bonds. The van der Waals surface area contributed by atoms with Gasteiger partial charge in [0, 0.05) is 16.1 Å². The molecule has 0 aliphatic heterocycles. The van der Waals surface area contributed by atoms with E-state index in [1.807, 2.05) is 55.5 Å². The Kier molecular flexibility index (Phi) is 4.44. The van der Waals surface area contributed by atoms with Gasteiger partial charge in [-0.2, -0.15) is 0 Å². The summed E-state index contributed by atoms with van der Waals surface area (Å²) in [6.07, 6.45) is 0. The van der Waals surface area contributed by atoms with Gasteiger partial charge < -0.3 is 10.6 Å². The highest BCUT2D eigenvalue weighted by molar-refractivity contribution is 6.31. The average molecular weight is 326 g/mol. The van der Waals surface area contributed by atoms with Crippen molar-refractivity contribution in [3.05, 3.63) is 65.2 Å². The molecule has 2 N–H and O–H groups in total. The molecule has 1 heterocycles. The lowest BCUT2D eigenvalue weighted by Gasteiger charge is -2.10. The van der Waals surface area contributed by atoms with Crippen LogP contribution in [-0.2, 0) is 4.79 Å². The van der Waals surface area contributed by atoms with Crippen molar-refractivity contribution in [2.24, 2.45) is 0 Å². The normalized spacial score (nSPS) is 10.5. The Bertz CT molecular complexity index is 864. The smallest absolute Gasteiger partial charge is 0.243 e. The Morgan fingerprint density at radius 3 is 2.78 bits per heavy atom. The maximum Gasteiger partial charge on any atom is 0.243 e. The van der Waals surface area contributed by atoms with E-state index in [0.29, 0.717) is 10.8 Å². The summed E-state index contributed by atoms with van der Waals surface area (Å²) in [4.78, 5) is 16.5. The number of para-hydroxylation sites is 1. The fourth-order valence-electron chi connectivity index (χ4n) is 2.27. The number of nitrogens with one attached hydrogen (secondary N) is 2. The molecular weight excluding hydrogens is 310 g/mol. The van der Waals surface area contributed by atoms with Crippen LogP contribution >= 0.6 is 11.6 Å². The van der Waals surface area contributed by atoms with Gasteiger partial charge in [-0.15, -0.1) is 0 Å². The summed E-state index contributed by atoms with van der Waals surface area (Å²) >= 11 is 6.05. The van der Waals surface area contributed by atoms with Gasteiger partial charge in [-0.05, 0) is 42.8 Å². The minimum absolute atomic E-state index is 0.136. The van der Waals surface area contributed by atoms with E-state index in [9.17, 15) is 4.79 Å². The zero-order valence-corrected chi connectivity index (χ0v) is 13.4. The number of anilines is 2. The summed E-state index contributed by atoms with van der Waals surface area (Å²) < 4.78 is 0. The quantitative estimate of drug-likeness (QED) is 0.754. The van der Waals surface area contributed by atoms with E-state index in [-0.39, 0.29) is 12.5 Å². The van der Waals surface area contributed by atoms with Crippen LogP contribution < -0.4 is 10.6 Å². The highest BCUT2D eigenvalue weighted by Gasteiger charge is 2.07. The molecule has 5 heteroatoms. The number of hydrogen-bond donors (Lipinski definition) is 2. The zero-order chi connectivity index (χ0) is 16.2. The zero-order valence-electron chi connectivity index (χ0n) is 12.6. The molecule has 23 heavy (non-hydrogen) atoms. The molecule has 0 bridgehead atoms. The van der Waals surface area contributed by atoms with Gasteiger partial charge in [0.05, 0.1) is 12.1 Å². The second kappa shape index (κ2) is 6.67. The molecular formula is C18H16ClN3O. The van der Waals surface area contributed by atoms with Crippen molar-refractivity contribution in [1.29, 1.82) is 0 Å². The third-order valence-corrected chi connectivity index (χ3v) is 3.98. The van der Waals surface area contributed by atoms with Gasteiger partial charge in [-0.1, -0.05) is 35.9 Å². The van der Waals surface area contributed by atoms with Gasteiger partial charge in [0.1, 0.15) is 5.82 Å². The number of halogens is 1. The van der Waals surface area contributed by atoms with Crippen molar-refractivity contribution in [3.8, 4) is 0 Å². The number of fused-ring (bicyclic) bond motifs is 1. The molecule has 0 fully saturated rings. The van der Waals surface area contributed by atoms with Gasteiger partial charge in [-0.25, -0.2) is 4.98 Å². The fraction of sp³-hybridized carbons (Fsp3) is 0.111. The van der Waals surface area contributed by atoms with Crippen LogP contribution in [0.2, 0.25) is 5.02 Å². The van der Waals surface area contributed by atoms with Crippen molar-refractivity contribution in [3.63, 3.8) is 0 Å². The number of rotatable bonds is 4. The fourth-order valence-corrected chi connectivity index (χ4v) is 2.45. The van der Waals surface area contributed by atoms with Crippen molar-refractivity contribution in [2.75, 3.05) is 17.2 Å². The Morgan fingerprint density at radius 1 is 1.09 bits per heavy atom. The molecule has 0 saturated heterocycles. The van der Waals surface area contributed by atoms with Gasteiger partial charge in [0.2, 0.25) is 5.91 Å². The summed E-state index contributed by atoms with van der Waals surface area (Å²) in [5.41, 5.74) is 2.46. The number of benzene rings is 2.